The molecule has 3 aromatic rings. The van der Waals surface area contributed by atoms with Crippen LogP contribution in [0.2, 0.25) is 0 Å². The number of anilines is 1. The highest BCUT2D eigenvalue weighted by molar-refractivity contribution is 6.06. The topological polar surface area (TPSA) is 55.8 Å². The van der Waals surface area contributed by atoms with Crippen LogP contribution in [0.15, 0.2) is 90.1 Å². The molecule has 32 heavy (non-hydrogen) atoms. The average Bonchev–Trinajstić information content (AvgIpc) is 3.20. The van der Waals surface area contributed by atoms with Gasteiger partial charge in [-0.2, -0.15) is 0 Å². The van der Waals surface area contributed by atoms with Gasteiger partial charge in [-0.1, -0.05) is 60.2 Å². The van der Waals surface area contributed by atoms with Crippen LogP contribution in [-0.2, 0) is 20.9 Å². The Morgan fingerprint density at radius 3 is 2.38 bits per heavy atom. The summed E-state index contributed by atoms with van der Waals surface area (Å²) in [6, 6.07) is 25.3. The maximum absolute atomic E-state index is 13.1. The zero-order valence-electron chi connectivity index (χ0n) is 17.8. The number of esters is 1. The zero-order chi connectivity index (χ0) is 22.1. The third-order valence-electron chi connectivity index (χ3n) is 5.94. The first kappa shape index (κ1) is 20.1. The van der Waals surface area contributed by atoms with Crippen molar-refractivity contribution in [3.63, 3.8) is 0 Å². The van der Waals surface area contributed by atoms with E-state index in [4.69, 9.17) is 9.47 Å². The molecule has 0 radical (unpaired) electrons. The molecule has 5 nitrogen and oxygen atoms in total. The Morgan fingerprint density at radius 1 is 0.938 bits per heavy atom. The van der Waals surface area contributed by atoms with Gasteiger partial charge in [-0.3, -0.25) is 9.69 Å². The molecule has 1 amide bonds. The molecule has 0 saturated heterocycles. The van der Waals surface area contributed by atoms with Crippen molar-refractivity contribution in [1.82, 2.24) is 0 Å². The normalized spacial score (nSPS) is 17.9. The number of carbonyl (C=O) groups is 2. The van der Waals surface area contributed by atoms with Gasteiger partial charge in [0, 0.05) is 18.0 Å². The predicted octanol–water partition coefficient (Wildman–Crippen LogP) is 4.91. The third-order valence-corrected chi connectivity index (χ3v) is 5.94. The lowest BCUT2D eigenvalue weighted by Gasteiger charge is -2.32. The highest BCUT2D eigenvalue weighted by Gasteiger charge is 2.42. The predicted molar refractivity (Wildman–Crippen MR) is 121 cm³/mol. The molecule has 1 unspecified atom stereocenters. The van der Waals surface area contributed by atoms with Crippen LogP contribution in [0, 0.1) is 6.92 Å². The van der Waals surface area contributed by atoms with Crippen LogP contribution < -0.4 is 9.64 Å². The van der Waals surface area contributed by atoms with Crippen LogP contribution in [0.3, 0.4) is 0 Å². The SMILES string of the molecule is Cc1ccc(N2C(=O)CC(c3ccc(OCc4ccccc4)cc3)C3=C2COC3=O)cc1. The second-order valence-electron chi connectivity index (χ2n) is 8.10. The van der Waals surface area contributed by atoms with Gasteiger partial charge in [-0.25, -0.2) is 4.79 Å². The second-order valence-corrected chi connectivity index (χ2v) is 8.10. The lowest BCUT2D eigenvalue weighted by molar-refractivity contribution is -0.136. The van der Waals surface area contributed by atoms with Crippen molar-refractivity contribution in [1.29, 1.82) is 0 Å². The Labute approximate surface area is 186 Å². The van der Waals surface area contributed by atoms with Gasteiger partial charge < -0.3 is 9.47 Å². The number of benzene rings is 3. The van der Waals surface area contributed by atoms with Gasteiger partial charge in [0.05, 0.1) is 11.3 Å². The van der Waals surface area contributed by atoms with E-state index < -0.39 is 0 Å². The van der Waals surface area contributed by atoms with Gasteiger partial charge in [-0.15, -0.1) is 0 Å². The summed E-state index contributed by atoms with van der Waals surface area (Å²) in [7, 11) is 0. The first-order chi connectivity index (χ1) is 15.6. The van der Waals surface area contributed by atoms with E-state index in [-0.39, 0.29) is 30.8 Å². The summed E-state index contributed by atoms with van der Waals surface area (Å²) in [6.07, 6.45) is 0.214. The van der Waals surface area contributed by atoms with E-state index in [9.17, 15) is 9.59 Å². The van der Waals surface area contributed by atoms with Crippen molar-refractivity contribution in [2.45, 2.75) is 25.9 Å². The van der Waals surface area contributed by atoms with Crippen LogP contribution in [0.4, 0.5) is 5.69 Å². The molecule has 1 atom stereocenters. The number of hydrogen-bond donors (Lipinski definition) is 0. The van der Waals surface area contributed by atoms with Crippen molar-refractivity contribution in [2.75, 3.05) is 11.5 Å². The van der Waals surface area contributed by atoms with Crippen LogP contribution >= 0.6 is 0 Å². The lowest BCUT2D eigenvalue weighted by Crippen LogP contribution is -2.37. The smallest absolute Gasteiger partial charge is 0.336 e. The standard InChI is InChI=1S/C27H23NO4/c1-18-7-11-21(12-8-18)28-24-17-32-27(30)26(24)23(15-25(28)29)20-9-13-22(14-10-20)31-16-19-5-3-2-4-6-19/h2-14,23H,15-17H2,1H3. The number of ether oxygens (including phenoxy) is 2. The zero-order valence-corrected chi connectivity index (χ0v) is 17.8. The van der Waals surface area contributed by atoms with E-state index in [1.54, 1.807) is 4.90 Å². The van der Waals surface area contributed by atoms with Gasteiger partial charge in [0.25, 0.3) is 0 Å². The number of nitrogens with zero attached hydrogens (tertiary/aromatic N) is 1. The molecule has 0 saturated carbocycles. The lowest BCUT2D eigenvalue weighted by atomic mass is 9.84. The van der Waals surface area contributed by atoms with Gasteiger partial charge in [-0.05, 0) is 42.3 Å². The second kappa shape index (κ2) is 8.35. The minimum absolute atomic E-state index is 0.0414. The molecule has 0 aliphatic carbocycles. The van der Waals surface area contributed by atoms with Gasteiger partial charge in [0.2, 0.25) is 5.91 Å². The summed E-state index contributed by atoms with van der Waals surface area (Å²) >= 11 is 0. The molecule has 0 spiro atoms. The summed E-state index contributed by atoms with van der Waals surface area (Å²) < 4.78 is 11.2. The first-order valence-electron chi connectivity index (χ1n) is 10.7. The van der Waals surface area contributed by atoms with E-state index in [0.717, 1.165) is 28.1 Å². The minimum Gasteiger partial charge on any atom is -0.489 e. The fourth-order valence-corrected chi connectivity index (χ4v) is 4.27. The monoisotopic (exact) mass is 425 g/mol. The molecule has 2 aliphatic heterocycles. The van der Waals surface area contributed by atoms with Gasteiger partial charge >= 0.3 is 5.97 Å². The maximum atomic E-state index is 13.1. The molecular formula is C27H23NO4. The number of aryl methyl sites for hydroxylation is 1. The number of cyclic esters (lactones) is 1. The Hall–Kier alpha value is -3.86. The molecular weight excluding hydrogens is 402 g/mol. The summed E-state index contributed by atoms with van der Waals surface area (Å²) in [5, 5.41) is 0. The third kappa shape index (κ3) is 3.78. The number of carbonyl (C=O) groups excluding carboxylic acids is 2. The highest BCUT2D eigenvalue weighted by atomic mass is 16.5. The van der Waals surface area contributed by atoms with Crippen molar-refractivity contribution < 1.29 is 19.1 Å². The summed E-state index contributed by atoms with van der Waals surface area (Å²) in [6.45, 7) is 2.59. The van der Waals surface area contributed by atoms with E-state index in [2.05, 4.69) is 0 Å². The molecule has 0 N–H and O–H groups in total. The number of hydrogen-bond acceptors (Lipinski definition) is 4. The van der Waals surface area contributed by atoms with Crippen molar-refractivity contribution in [3.05, 3.63) is 107 Å². The Bertz CT molecular complexity index is 1180. The average molecular weight is 425 g/mol. The van der Waals surface area contributed by atoms with E-state index >= 15 is 0 Å². The van der Waals surface area contributed by atoms with Crippen LogP contribution in [0.1, 0.15) is 29.0 Å². The van der Waals surface area contributed by atoms with Gasteiger partial charge in [0.1, 0.15) is 19.0 Å². The van der Waals surface area contributed by atoms with Crippen molar-refractivity contribution >= 4 is 17.6 Å². The largest absolute Gasteiger partial charge is 0.489 e. The summed E-state index contributed by atoms with van der Waals surface area (Å²) in [5.41, 5.74) is 5.08. The Balaban J connectivity index is 1.40. The van der Waals surface area contributed by atoms with Crippen molar-refractivity contribution in [2.24, 2.45) is 0 Å². The maximum Gasteiger partial charge on any atom is 0.336 e. The van der Waals surface area contributed by atoms with Crippen molar-refractivity contribution in [3.8, 4) is 5.75 Å². The number of rotatable bonds is 5. The van der Waals surface area contributed by atoms with E-state index in [1.807, 2.05) is 85.8 Å². The quantitative estimate of drug-likeness (QED) is 0.546. The molecule has 0 bridgehead atoms. The fraction of sp³-hybridized carbons (Fsp3) is 0.185. The van der Waals surface area contributed by atoms with E-state index in [1.165, 1.54) is 0 Å². The molecule has 5 rings (SSSR count). The van der Waals surface area contributed by atoms with Gasteiger partial charge in [0.15, 0.2) is 0 Å². The van der Waals surface area contributed by atoms with Crippen LogP contribution in [0.5, 0.6) is 5.75 Å². The van der Waals surface area contributed by atoms with Crippen LogP contribution in [0.25, 0.3) is 0 Å². The summed E-state index contributed by atoms with van der Waals surface area (Å²) in [4.78, 5) is 27.4. The minimum atomic E-state index is -0.348. The fourth-order valence-electron chi connectivity index (χ4n) is 4.27. The molecule has 0 aromatic heterocycles. The number of amides is 1. The molecule has 160 valence electrons. The molecule has 0 fully saturated rings. The highest BCUT2D eigenvalue weighted by Crippen LogP contribution is 2.42. The van der Waals surface area contributed by atoms with E-state index in [0.29, 0.717) is 17.9 Å². The molecule has 3 aromatic carbocycles. The Morgan fingerprint density at radius 2 is 1.66 bits per heavy atom. The van der Waals surface area contributed by atoms with Crippen LogP contribution in [-0.4, -0.2) is 18.5 Å². The first-order valence-corrected chi connectivity index (χ1v) is 10.7. The molecule has 2 heterocycles. The molecule has 2 aliphatic rings. The molecule has 5 heteroatoms. The summed E-state index contributed by atoms with van der Waals surface area (Å²) in [5.74, 6) is 0.0286. The Kier molecular flexibility index (Phi) is 5.23.